The zero-order valence-corrected chi connectivity index (χ0v) is 15.8. The summed E-state index contributed by atoms with van der Waals surface area (Å²) in [7, 11) is 1.62. The second kappa shape index (κ2) is 6.98. The van der Waals surface area contributed by atoms with Crippen LogP contribution in [0.5, 0.6) is 5.75 Å². The van der Waals surface area contributed by atoms with E-state index in [4.69, 9.17) is 4.74 Å². The minimum Gasteiger partial charge on any atom is -0.497 e. The molecule has 0 bridgehead atoms. The van der Waals surface area contributed by atoms with E-state index in [0.29, 0.717) is 23.6 Å². The van der Waals surface area contributed by atoms with E-state index in [1.54, 1.807) is 11.6 Å². The van der Waals surface area contributed by atoms with Crippen molar-refractivity contribution in [2.45, 2.75) is 32.6 Å². The van der Waals surface area contributed by atoms with Crippen LogP contribution in [0.1, 0.15) is 46.1 Å². The Morgan fingerprint density at radius 3 is 2.89 bits per heavy atom. The maximum atomic E-state index is 13.1. The molecular formula is C20H23N5O2. The summed E-state index contributed by atoms with van der Waals surface area (Å²) in [6.45, 7) is 5.35. The zero-order chi connectivity index (χ0) is 19.0. The van der Waals surface area contributed by atoms with Crippen molar-refractivity contribution in [3.63, 3.8) is 0 Å². The molecule has 1 unspecified atom stereocenters. The summed E-state index contributed by atoms with van der Waals surface area (Å²) < 4.78 is 7.11. The highest BCUT2D eigenvalue weighted by molar-refractivity contribution is 5.95. The average molecular weight is 365 g/mol. The Balaban J connectivity index is 1.62. The number of benzene rings is 1. The van der Waals surface area contributed by atoms with E-state index in [9.17, 15) is 4.79 Å². The van der Waals surface area contributed by atoms with Crippen LogP contribution in [-0.2, 0) is 0 Å². The van der Waals surface area contributed by atoms with Crippen LogP contribution < -0.4 is 4.74 Å². The Kier molecular flexibility index (Phi) is 4.51. The number of amides is 1. The SMILES string of the molecule is COc1cc(C)cc(C(=O)N2CCCC(c3cc(C)nc4ncnn34)C2)c1. The summed E-state index contributed by atoms with van der Waals surface area (Å²) in [5.74, 6) is 1.57. The van der Waals surface area contributed by atoms with Crippen molar-refractivity contribution >= 4 is 11.7 Å². The first-order valence-corrected chi connectivity index (χ1v) is 9.17. The van der Waals surface area contributed by atoms with Crippen molar-refractivity contribution in [3.05, 3.63) is 53.1 Å². The quantitative estimate of drug-likeness (QED) is 0.714. The van der Waals surface area contributed by atoms with Gasteiger partial charge in [0.2, 0.25) is 0 Å². The predicted molar refractivity (Wildman–Crippen MR) is 101 cm³/mol. The molecule has 7 nitrogen and oxygen atoms in total. The molecule has 0 N–H and O–H groups in total. The number of fused-ring (bicyclic) bond motifs is 1. The first kappa shape index (κ1) is 17.5. The predicted octanol–water partition coefficient (Wildman–Crippen LogP) is 2.77. The molecule has 0 saturated carbocycles. The van der Waals surface area contributed by atoms with Crippen molar-refractivity contribution < 1.29 is 9.53 Å². The summed E-state index contributed by atoms with van der Waals surface area (Å²) in [6.07, 6.45) is 3.49. The first-order valence-electron chi connectivity index (χ1n) is 9.17. The normalized spacial score (nSPS) is 17.3. The van der Waals surface area contributed by atoms with Gasteiger partial charge < -0.3 is 9.64 Å². The van der Waals surface area contributed by atoms with E-state index >= 15 is 0 Å². The summed E-state index contributed by atoms with van der Waals surface area (Å²) in [6, 6.07) is 7.71. The van der Waals surface area contributed by atoms with Crippen LogP contribution in [-0.4, -0.2) is 50.6 Å². The summed E-state index contributed by atoms with van der Waals surface area (Å²) >= 11 is 0. The van der Waals surface area contributed by atoms with E-state index in [1.165, 1.54) is 6.33 Å². The minimum atomic E-state index is 0.0438. The van der Waals surface area contributed by atoms with Crippen LogP contribution in [0.15, 0.2) is 30.6 Å². The highest BCUT2D eigenvalue weighted by atomic mass is 16.5. The monoisotopic (exact) mass is 365 g/mol. The largest absolute Gasteiger partial charge is 0.497 e. The van der Waals surface area contributed by atoms with Crippen molar-refractivity contribution in [1.82, 2.24) is 24.5 Å². The van der Waals surface area contributed by atoms with Crippen LogP contribution in [0.25, 0.3) is 5.78 Å². The minimum absolute atomic E-state index is 0.0438. The molecule has 2 aromatic heterocycles. The lowest BCUT2D eigenvalue weighted by Gasteiger charge is -2.33. The number of methoxy groups -OCH3 is 1. The van der Waals surface area contributed by atoms with Gasteiger partial charge in [0.15, 0.2) is 0 Å². The van der Waals surface area contributed by atoms with Crippen LogP contribution in [0.4, 0.5) is 0 Å². The fourth-order valence-electron chi connectivity index (χ4n) is 3.82. The number of ether oxygens (including phenoxy) is 1. The van der Waals surface area contributed by atoms with E-state index in [2.05, 4.69) is 21.1 Å². The second-order valence-electron chi connectivity index (χ2n) is 7.12. The number of carbonyl (C=O) groups excluding carboxylic acids is 1. The molecule has 3 heterocycles. The first-order chi connectivity index (χ1) is 13.0. The van der Waals surface area contributed by atoms with Gasteiger partial charge in [0.25, 0.3) is 11.7 Å². The van der Waals surface area contributed by atoms with E-state index in [-0.39, 0.29) is 11.8 Å². The van der Waals surface area contributed by atoms with Gasteiger partial charge in [-0.05, 0) is 56.5 Å². The Labute approximate surface area is 158 Å². The fraction of sp³-hybridized carbons (Fsp3) is 0.400. The number of aromatic nitrogens is 4. The molecule has 0 spiro atoms. The van der Waals surface area contributed by atoms with Gasteiger partial charge in [-0.15, -0.1) is 0 Å². The van der Waals surface area contributed by atoms with Gasteiger partial charge in [-0.3, -0.25) is 4.79 Å². The van der Waals surface area contributed by atoms with Crippen LogP contribution in [0, 0.1) is 13.8 Å². The molecule has 3 aromatic rings. The number of aryl methyl sites for hydroxylation is 2. The maximum absolute atomic E-state index is 13.1. The van der Waals surface area contributed by atoms with E-state index in [1.807, 2.05) is 36.9 Å². The fourth-order valence-corrected chi connectivity index (χ4v) is 3.82. The number of hydrogen-bond donors (Lipinski definition) is 0. The summed E-state index contributed by atoms with van der Waals surface area (Å²) in [5.41, 5.74) is 3.66. The summed E-state index contributed by atoms with van der Waals surface area (Å²) in [4.78, 5) is 23.7. The number of rotatable bonds is 3. The second-order valence-corrected chi connectivity index (χ2v) is 7.12. The van der Waals surface area contributed by atoms with Gasteiger partial charge in [0.05, 0.1) is 12.8 Å². The third kappa shape index (κ3) is 3.37. The smallest absolute Gasteiger partial charge is 0.254 e. The van der Waals surface area contributed by atoms with Gasteiger partial charge in [-0.25, -0.2) is 9.50 Å². The van der Waals surface area contributed by atoms with Crippen LogP contribution in [0.3, 0.4) is 0 Å². The van der Waals surface area contributed by atoms with Crippen molar-refractivity contribution in [3.8, 4) is 5.75 Å². The molecule has 1 saturated heterocycles. The van der Waals surface area contributed by atoms with Gasteiger partial charge >= 0.3 is 0 Å². The molecule has 1 fully saturated rings. The molecule has 1 amide bonds. The highest BCUT2D eigenvalue weighted by Gasteiger charge is 2.28. The lowest BCUT2D eigenvalue weighted by atomic mass is 9.93. The number of nitrogens with zero attached hydrogens (tertiary/aromatic N) is 5. The molecule has 27 heavy (non-hydrogen) atoms. The Hall–Kier alpha value is -2.96. The van der Waals surface area contributed by atoms with E-state index < -0.39 is 0 Å². The number of piperidine rings is 1. The number of likely N-dealkylation sites (tertiary alicyclic amines) is 1. The Morgan fingerprint density at radius 2 is 2.07 bits per heavy atom. The molecule has 1 aromatic carbocycles. The topological polar surface area (TPSA) is 72.6 Å². The Bertz CT molecular complexity index is 997. The highest BCUT2D eigenvalue weighted by Crippen LogP contribution is 2.28. The van der Waals surface area contributed by atoms with Gasteiger partial charge in [0.1, 0.15) is 12.1 Å². The molecular weight excluding hydrogens is 342 g/mol. The van der Waals surface area contributed by atoms with Crippen molar-refractivity contribution in [1.29, 1.82) is 0 Å². The lowest BCUT2D eigenvalue weighted by Crippen LogP contribution is -2.39. The number of carbonyl (C=O) groups is 1. The molecule has 0 radical (unpaired) electrons. The third-order valence-corrected chi connectivity index (χ3v) is 5.07. The molecule has 0 aliphatic carbocycles. The average Bonchev–Trinajstić information content (AvgIpc) is 3.14. The molecule has 1 atom stereocenters. The molecule has 140 valence electrons. The third-order valence-electron chi connectivity index (χ3n) is 5.07. The van der Waals surface area contributed by atoms with Gasteiger partial charge in [-0.2, -0.15) is 10.1 Å². The number of hydrogen-bond acceptors (Lipinski definition) is 5. The molecule has 4 rings (SSSR count). The molecule has 1 aliphatic rings. The maximum Gasteiger partial charge on any atom is 0.254 e. The van der Waals surface area contributed by atoms with Crippen molar-refractivity contribution in [2.75, 3.05) is 20.2 Å². The van der Waals surface area contributed by atoms with Gasteiger partial charge in [0, 0.05) is 30.3 Å². The van der Waals surface area contributed by atoms with E-state index in [0.717, 1.165) is 36.3 Å². The molecule has 7 heteroatoms. The van der Waals surface area contributed by atoms with Crippen LogP contribution in [0.2, 0.25) is 0 Å². The lowest BCUT2D eigenvalue weighted by molar-refractivity contribution is 0.0704. The van der Waals surface area contributed by atoms with Gasteiger partial charge in [-0.1, -0.05) is 0 Å². The molecule has 1 aliphatic heterocycles. The van der Waals surface area contributed by atoms with Crippen LogP contribution >= 0.6 is 0 Å². The standard InChI is InChI=1S/C20H23N5O2/c1-13-7-16(10-17(8-13)27-3)19(26)24-6-4-5-15(11-24)18-9-14(2)23-20-21-12-22-25(18)20/h7-10,12,15H,4-6,11H2,1-3H3. The zero-order valence-electron chi connectivity index (χ0n) is 15.8. The Morgan fingerprint density at radius 1 is 1.22 bits per heavy atom. The van der Waals surface area contributed by atoms with Crippen molar-refractivity contribution in [2.24, 2.45) is 0 Å². The summed E-state index contributed by atoms with van der Waals surface area (Å²) in [5, 5.41) is 4.32.